The Morgan fingerprint density at radius 3 is 2.68 bits per heavy atom. The molecule has 28 heavy (non-hydrogen) atoms. The summed E-state index contributed by atoms with van der Waals surface area (Å²) in [4.78, 5) is 28.1. The summed E-state index contributed by atoms with van der Waals surface area (Å²) in [7, 11) is 0. The van der Waals surface area contributed by atoms with E-state index in [0.717, 1.165) is 44.0 Å². The van der Waals surface area contributed by atoms with E-state index in [1.807, 2.05) is 28.0 Å². The molecule has 0 N–H and O–H groups in total. The van der Waals surface area contributed by atoms with Crippen LogP contribution in [0.25, 0.3) is 0 Å². The van der Waals surface area contributed by atoms with Gasteiger partial charge in [0.05, 0.1) is 6.54 Å². The van der Waals surface area contributed by atoms with E-state index in [-0.39, 0.29) is 17.7 Å². The molecule has 2 aromatic rings. The zero-order valence-corrected chi connectivity index (χ0v) is 16.4. The third-order valence-corrected chi connectivity index (χ3v) is 5.84. The Morgan fingerprint density at radius 1 is 1.07 bits per heavy atom. The first-order chi connectivity index (χ1) is 13.6. The first kappa shape index (κ1) is 18.7. The average molecular weight is 381 g/mol. The lowest BCUT2D eigenvalue weighted by Crippen LogP contribution is -2.41. The molecular weight excluding hydrogens is 354 g/mol. The van der Waals surface area contributed by atoms with Crippen LogP contribution in [0.3, 0.4) is 0 Å². The van der Waals surface area contributed by atoms with Gasteiger partial charge >= 0.3 is 0 Å². The SMILES string of the molecule is CC(=O)N1CCCC(c2nnc3n2CCN(C(=O)CCc2ccccc2)C3)C1. The van der Waals surface area contributed by atoms with Gasteiger partial charge in [0, 0.05) is 45.4 Å². The normalized spacial score (nSPS) is 19.4. The number of amides is 2. The van der Waals surface area contributed by atoms with Crippen molar-refractivity contribution in [2.24, 2.45) is 0 Å². The summed E-state index contributed by atoms with van der Waals surface area (Å²) in [6.07, 6.45) is 3.30. The predicted molar refractivity (Wildman–Crippen MR) is 104 cm³/mol. The van der Waals surface area contributed by atoms with Crippen molar-refractivity contribution in [2.75, 3.05) is 19.6 Å². The molecule has 0 saturated carbocycles. The van der Waals surface area contributed by atoms with Gasteiger partial charge in [-0.05, 0) is 24.8 Å². The van der Waals surface area contributed by atoms with Crippen molar-refractivity contribution in [3.8, 4) is 0 Å². The summed E-state index contributed by atoms with van der Waals surface area (Å²) in [6, 6.07) is 10.1. The number of fused-ring (bicyclic) bond motifs is 1. The van der Waals surface area contributed by atoms with E-state index in [1.54, 1.807) is 6.92 Å². The Balaban J connectivity index is 1.38. The average Bonchev–Trinajstić information content (AvgIpc) is 3.16. The van der Waals surface area contributed by atoms with Crippen LogP contribution in [0, 0.1) is 0 Å². The molecule has 2 aliphatic heterocycles. The molecule has 2 amide bonds. The van der Waals surface area contributed by atoms with Gasteiger partial charge in [-0.15, -0.1) is 10.2 Å². The van der Waals surface area contributed by atoms with Crippen molar-refractivity contribution in [2.45, 2.75) is 51.6 Å². The van der Waals surface area contributed by atoms with Gasteiger partial charge < -0.3 is 14.4 Å². The molecule has 1 aromatic heterocycles. The van der Waals surface area contributed by atoms with Crippen molar-refractivity contribution in [3.63, 3.8) is 0 Å². The van der Waals surface area contributed by atoms with Crippen LogP contribution in [0.2, 0.25) is 0 Å². The summed E-state index contributed by atoms with van der Waals surface area (Å²) in [5, 5.41) is 8.81. The lowest BCUT2D eigenvalue weighted by molar-refractivity contribution is -0.133. The second-order valence-electron chi connectivity index (χ2n) is 7.73. The van der Waals surface area contributed by atoms with Gasteiger partial charge in [0.1, 0.15) is 5.82 Å². The maximum atomic E-state index is 12.6. The fraction of sp³-hybridized carbons (Fsp3) is 0.524. The Labute approximate surface area is 165 Å². The minimum absolute atomic E-state index is 0.123. The quantitative estimate of drug-likeness (QED) is 0.812. The van der Waals surface area contributed by atoms with Crippen molar-refractivity contribution in [1.82, 2.24) is 24.6 Å². The molecule has 1 atom stereocenters. The Kier molecular flexibility index (Phi) is 5.41. The molecule has 1 saturated heterocycles. The summed E-state index contributed by atoms with van der Waals surface area (Å²) in [6.45, 7) is 5.11. The van der Waals surface area contributed by atoms with E-state index >= 15 is 0 Å². The van der Waals surface area contributed by atoms with E-state index < -0.39 is 0 Å². The number of hydrogen-bond donors (Lipinski definition) is 0. The number of nitrogens with zero attached hydrogens (tertiary/aromatic N) is 5. The van der Waals surface area contributed by atoms with Gasteiger partial charge in [0.25, 0.3) is 0 Å². The van der Waals surface area contributed by atoms with Crippen LogP contribution >= 0.6 is 0 Å². The van der Waals surface area contributed by atoms with E-state index in [4.69, 9.17) is 0 Å². The highest BCUT2D eigenvalue weighted by molar-refractivity contribution is 5.76. The largest absolute Gasteiger partial charge is 0.342 e. The molecule has 7 heteroatoms. The van der Waals surface area contributed by atoms with Gasteiger partial charge in [-0.3, -0.25) is 9.59 Å². The Hall–Kier alpha value is -2.70. The molecule has 0 aliphatic carbocycles. The van der Waals surface area contributed by atoms with E-state index in [2.05, 4.69) is 26.9 Å². The topological polar surface area (TPSA) is 71.3 Å². The lowest BCUT2D eigenvalue weighted by Gasteiger charge is -2.33. The highest BCUT2D eigenvalue weighted by Crippen LogP contribution is 2.27. The first-order valence-electron chi connectivity index (χ1n) is 10.1. The van der Waals surface area contributed by atoms with Crippen molar-refractivity contribution in [1.29, 1.82) is 0 Å². The van der Waals surface area contributed by atoms with Crippen LogP contribution in [0.4, 0.5) is 0 Å². The van der Waals surface area contributed by atoms with Gasteiger partial charge in [0.15, 0.2) is 5.82 Å². The molecule has 1 unspecified atom stereocenters. The highest BCUT2D eigenvalue weighted by Gasteiger charge is 2.30. The zero-order valence-electron chi connectivity index (χ0n) is 16.4. The number of piperidine rings is 1. The molecule has 0 bridgehead atoms. The van der Waals surface area contributed by atoms with Crippen LogP contribution < -0.4 is 0 Å². The standard InChI is InChI=1S/C21H27N5O2/c1-16(27)24-11-5-8-18(14-24)21-23-22-19-15-25(12-13-26(19)21)20(28)10-9-17-6-3-2-4-7-17/h2-4,6-7,18H,5,8-15H2,1H3. The van der Waals surface area contributed by atoms with Gasteiger partial charge in [-0.25, -0.2) is 0 Å². The van der Waals surface area contributed by atoms with Crippen molar-refractivity contribution < 1.29 is 9.59 Å². The zero-order chi connectivity index (χ0) is 19.5. The molecule has 0 spiro atoms. The number of rotatable bonds is 4. The monoisotopic (exact) mass is 381 g/mol. The predicted octanol–water partition coefficient (Wildman–Crippen LogP) is 1.98. The van der Waals surface area contributed by atoms with Gasteiger partial charge in [-0.2, -0.15) is 0 Å². The van der Waals surface area contributed by atoms with Crippen molar-refractivity contribution in [3.05, 3.63) is 47.5 Å². The lowest BCUT2D eigenvalue weighted by atomic mass is 9.97. The second-order valence-corrected chi connectivity index (χ2v) is 7.73. The summed E-state index contributed by atoms with van der Waals surface area (Å²) >= 11 is 0. The van der Waals surface area contributed by atoms with Crippen LogP contribution in [-0.2, 0) is 29.1 Å². The van der Waals surface area contributed by atoms with Gasteiger partial charge in [-0.1, -0.05) is 30.3 Å². The summed E-state index contributed by atoms with van der Waals surface area (Å²) < 4.78 is 2.16. The minimum Gasteiger partial charge on any atom is -0.342 e. The molecule has 1 fully saturated rings. The maximum Gasteiger partial charge on any atom is 0.223 e. The molecule has 0 radical (unpaired) electrons. The second kappa shape index (κ2) is 8.12. The van der Waals surface area contributed by atoms with E-state index in [9.17, 15) is 9.59 Å². The van der Waals surface area contributed by atoms with E-state index in [1.165, 1.54) is 5.56 Å². The number of likely N-dealkylation sites (tertiary alicyclic amines) is 1. The smallest absolute Gasteiger partial charge is 0.223 e. The highest BCUT2D eigenvalue weighted by atomic mass is 16.2. The summed E-state index contributed by atoms with van der Waals surface area (Å²) in [5.41, 5.74) is 1.19. The van der Waals surface area contributed by atoms with Crippen LogP contribution in [0.15, 0.2) is 30.3 Å². The fourth-order valence-corrected chi connectivity index (χ4v) is 4.22. The number of carbonyl (C=O) groups excluding carboxylic acids is 2. The van der Waals surface area contributed by atoms with Crippen LogP contribution in [0.5, 0.6) is 0 Å². The Morgan fingerprint density at radius 2 is 1.89 bits per heavy atom. The molecule has 4 rings (SSSR count). The molecule has 2 aliphatic rings. The number of aromatic nitrogens is 3. The number of benzene rings is 1. The summed E-state index contributed by atoms with van der Waals surface area (Å²) in [5.74, 6) is 2.35. The molecule has 7 nitrogen and oxygen atoms in total. The van der Waals surface area contributed by atoms with Crippen molar-refractivity contribution >= 4 is 11.8 Å². The molecular formula is C21H27N5O2. The Bertz CT molecular complexity index is 848. The minimum atomic E-state index is 0.123. The number of aryl methyl sites for hydroxylation is 1. The molecule has 148 valence electrons. The van der Waals surface area contributed by atoms with Crippen LogP contribution in [-0.4, -0.2) is 56.0 Å². The third-order valence-electron chi connectivity index (χ3n) is 5.84. The van der Waals surface area contributed by atoms with E-state index in [0.29, 0.717) is 26.1 Å². The number of carbonyl (C=O) groups is 2. The first-order valence-corrected chi connectivity index (χ1v) is 10.1. The van der Waals surface area contributed by atoms with Crippen LogP contribution in [0.1, 0.15) is 49.3 Å². The fourth-order valence-electron chi connectivity index (χ4n) is 4.22. The third kappa shape index (κ3) is 3.93. The van der Waals surface area contributed by atoms with Gasteiger partial charge in [0.2, 0.25) is 11.8 Å². The number of hydrogen-bond acceptors (Lipinski definition) is 4. The molecule has 1 aromatic carbocycles. The maximum absolute atomic E-state index is 12.6. The molecule has 3 heterocycles.